The van der Waals surface area contributed by atoms with Crippen molar-refractivity contribution in [2.24, 2.45) is 0 Å². The molecule has 0 aliphatic carbocycles. The Bertz CT molecular complexity index is 443. The second-order valence-corrected chi connectivity index (χ2v) is 6.25. The van der Waals surface area contributed by atoms with E-state index in [4.69, 9.17) is 4.74 Å². The van der Waals surface area contributed by atoms with Gasteiger partial charge in [0.25, 0.3) is 0 Å². The van der Waals surface area contributed by atoms with Crippen LogP contribution in [-0.2, 0) is 29.2 Å². The first-order valence-electron chi connectivity index (χ1n) is 9.27. The molecule has 1 rings (SSSR count). The molecule has 0 aliphatic rings. The van der Waals surface area contributed by atoms with Crippen molar-refractivity contribution in [3.63, 3.8) is 0 Å². The third-order valence-electron chi connectivity index (χ3n) is 3.95. The molecule has 0 amide bonds. The zero-order valence-electron chi connectivity index (χ0n) is 15.2. The third-order valence-corrected chi connectivity index (χ3v) is 3.95. The van der Waals surface area contributed by atoms with Crippen molar-refractivity contribution in [3.05, 3.63) is 11.9 Å². The van der Waals surface area contributed by atoms with E-state index < -0.39 is 0 Å². The number of ether oxygens (including phenoxy) is 1. The topological polar surface area (TPSA) is 48.0 Å². The number of hydrogen-bond donors (Lipinski definition) is 0. The summed E-state index contributed by atoms with van der Waals surface area (Å²) in [7, 11) is 0. The Morgan fingerprint density at radius 1 is 1.09 bits per heavy atom. The van der Waals surface area contributed by atoms with Crippen LogP contribution < -0.4 is 4.68 Å². The van der Waals surface area contributed by atoms with Gasteiger partial charge in [0.2, 0.25) is 5.69 Å². The van der Waals surface area contributed by atoms with Crippen LogP contribution in [-0.4, -0.2) is 15.9 Å². The highest BCUT2D eigenvalue weighted by Crippen LogP contribution is 2.08. The smallest absolute Gasteiger partial charge is 0.303 e. The Labute approximate surface area is 141 Å². The number of carbonyl (C=O) groups is 1. The van der Waals surface area contributed by atoms with Crippen molar-refractivity contribution in [3.8, 4) is 0 Å². The highest BCUT2D eigenvalue weighted by molar-refractivity contribution is 5.65. The van der Waals surface area contributed by atoms with Gasteiger partial charge in [-0.05, 0) is 19.3 Å². The molecule has 5 nitrogen and oxygen atoms in total. The lowest BCUT2D eigenvalue weighted by Crippen LogP contribution is -2.36. The van der Waals surface area contributed by atoms with E-state index in [1.54, 1.807) is 0 Å². The third kappa shape index (κ3) is 8.72. The molecule has 23 heavy (non-hydrogen) atoms. The number of esters is 1. The predicted octanol–water partition coefficient (Wildman–Crippen LogP) is 3.78. The summed E-state index contributed by atoms with van der Waals surface area (Å²) in [5.41, 5.74) is 0.974. The molecule has 5 heteroatoms. The monoisotopic (exact) mass is 324 g/mol. The quantitative estimate of drug-likeness (QED) is 0.315. The van der Waals surface area contributed by atoms with E-state index in [9.17, 15) is 4.79 Å². The van der Waals surface area contributed by atoms with Gasteiger partial charge in [0.15, 0.2) is 12.8 Å². The first kappa shape index (κ1) is 19.7. The number of rotatable bonds is 13. The number of aryl methyl sites for hydroxylation is 2. The average Bonchev–Trinajstić information content (AvgIpc) is 2.90. The molecule has 0 fully saturated rings. The van der Waals surface area contributed by atoms with Crippen LogP contribution >= 0.6 is 0 Å². The summed E-state index contributed by atoms with van der Waals surface area (Å²) >= 11 is 0. The molecule has 132 valence electrons. The van der Waals surface area contributed by atoms with Crippen LogP contribution in [0.1, 0.15) is 84.3 Å². The standard InChI is InChI=1S/C18H34N3O2/c1-4-6-7-8-9-10-11-12-14-20-15-18(16-23-17(3)22)21(19-20)13-5-2/h15H,4-14,16H2,1-3H3/q+1. The minimum atomic E-state index is -0.246. The van der Waals surface area contributed by atoms with Crippen molar-refractivity contribution in [2.45, 2.75) is 98.3 Å². The van der Waals surface area contributed by atoms with Crippen LogP contribution in [0.2, 0.25) is 0 Å². The molecule has 1 aromatic rings. The molecule has 0 saturated heterocycles. The van der Waals surface area contributed by atoms with Crippen molar-refractivity contribution in [2.75, 3.05) is 0 Å². The van der Waals surface area contributed by atoms with E-state index >= 15 is 0 Å². The first-order valence-corrected chi connectivity index (χ1v) is 9.27. The largest absolute Gasteiger partial charge is 0.457 e. The lowest BCUT2D eigenvalue weighted by atomic mass is 10.1. The second-order valence-electron chi connectivity index (χ2n) is 6.25. The maximum atomic E-state index is 11.0. The Kier molecular flexibility index (Phi) is 10.3. The van der Waals surface area contributed by atoms with Crippen LogP contribution in [0.25, 0.3) is 0 Å². The molecule has 0 N–H and O–H groups in total. The van der Waals surface area contributed by atoms with Crippen molar-refractivity contribution in [1.82, 2.24) is 9.90 Å². The predicted molar refractivity (Wildman–Crippen MR) is 90.8 cm³/mol. The van der Waals surface area contributed by atoms with E-state index in [1.165, 1.54) is 51.9 Å². The Morgan fingerprint density at radius 3 is 2.35 bits per heavy atom. The second kappa shape index (κ2) is 12.1. The molecule has 1 heterocycles. The highest BCUT2D eigenvalue weighted by atomic mass is 16.5. The molecule has 0 aliphatic heterocycles. The summed E-state index contributed by atoms with van der Waals surface area (Å²) in [5.74, 6) is -0.246. The average molecular weight is 324 g/mol. The fourth-order valence-electron chi connectivity index (χ4n) is 2.67. The molecular weight excluding hydrogens is 290 g/mol. The molecule has 0 saturated carbocycles. The molecule has 1 aromatic heterocycles. The molecule has 0 bridgehead atoms. The summed E-state index contributed by atoms with van der Waals surface area (Å²) in [6.07, 6.45) is 13.6. The molecule has 0 radical (unpaired) electrons. The van der Waals surface area contributed by atoms with E-state index in [2.05, 4.69) is 19.1 Å². The van der Waals surface area contributed by atoms with Crippen molar-refractivity contribution >= 4 is 5.97 Å². The minimum absolute atomic E-state index is 0.246. The van der Waals surface area contributed by atoms with Crippen LogP contribution in [0.4, 0.5) is 0 Å². The van der Waals surface area contributed by atoms with Crippen molar-refractivity contribution in [1.29, 1.82) is 0 Å². The number of nitrogens with zero attached hydrogens (tertiary/aromatic N) is 3. The number of unbranched alkanes of at least 4 members (excludes halogenated alkanes) is 7. The van der Waals surface area contributed by atoms with Crippen LogP contribution in [0.15, 0.2) is 6.20 Å². The molecule has 0 aromatic carbocycles. The van der Waals surface area contributed by atoms with Gasteiger partial charge in [0.1, 0.15) is 13.1 Å². The van der Waals surface area contributed by atoms with Gasteiger partial charge >= 0.3 is 5.97 Å². The van der Waals surface area contributed by atoms with E-state index in [-0.39, 0.29) is 5.97 Å². The lowest BCUT2D eigenvalue weighted by molar-refractivity contribution is -0.755. The number of hydrogen-bond acceptors (Lipinski definition) is 3. The van der Waals surface area contributed by atoms with Crippen LogP contribution in [0.3, 0.4) is 0 Å². The SMILES string of the molecule is CCCCCCCCCC[n+]1cc(COC(C)=O)n(CCC)n1. The zero-order chi connectivity index (χ0) is 16.9. The van der Waals surface area contributed by atoms with E-state index in [0.717, 1.165) is 31.6 Å². The molecular formula is C18H34N3O2+. The Hall–Kier alpha value is -1.39. The Morgan fingerprint density at radius 2 is 1.74 bits per heavy atom. The summed E-state index contributed by atoms with van der Waals surface area (Å²) in [6.45, 7) is 7.94. The first-order chi connectivity index (χ1) is 11.2. The van der Waals surface area contributed by atoms with Gasteiger partial charge in [-0.25, -0.2) is 0 Å². The number of aromatic nitrogens is 3. The maximum Gasteiger partial charge on any atom is 0.303 e. The van der Waals surface area contributed by atoms with Gasteiger partial charge in [-0.15, -0.1) is 9.36 Å². The Balaban J connectivity index is 2.30. The van der Waals surface area contributed by atoms with Gasteiger partial charge in [0, 0.05) is 6.92 Å². The van der Waals surface area contributed by atoms with E-state index in [1.807, 2.05) is 15.6 Å². The fourth-order valence-corrected chi connectivity index (χ4v) is 2.67. The zero-order valence-corrected chi connectivity index (χ0v) is 15.2. The highest BCUT2D eigenvalue weighted by Gasteiger charge is 2.16. The number of carbonyl (C=O) groups excluding carboxylic acids is 1. The van der Waals surface area contributed by atoms with Gasteiger partial charge in [0.05, 0.1) is 5.21 Å². The van der Waals surface area contributed by atoms with Gasteiger partial charge < -0.3 is 4.74 Å². The fraction of sp³-hybridized carbons (Fsp3) is 0.833. The van der Waals surface area contributed by atoms with Crippen LogP contribution in [0.5, 0.6) is 0 Å². The molecule has 0 spiro atoms. The maximum absolute atomic E-state index is 11.0. The minimum Gasteiger partial charge on any atom is -0.457 e. The summed E-state index contributed by atoms with van der Waals surface area (Å²) in [4.78, 5) is 11.0. The molecule has 0 atom stereocenters. The summed E-state index contributed by atoms with van der Waals surface area (Å²) in [5, 5.41) is 4.58. The van der Waals surface area contributed by atoms with Crippen LogP contribution in [0, 0.1) is 0 Å². The summed E-state index contributed by atoms with van der Waals surface area (Å²) in [6, 6.07) is 0. The normalized spacial score (nSPS) is 10.9. The van der Waals surface area contributed by atoms with Gasteiger partial charge in [-0.1, -0.05) is 52.4 Å². The molecule has 0 unspecified atom stereocenters. The summed E-state index contributed by atoms with van der Waals surface area (Å²) < 4.78 is 9.05. The lowest BCUT2D eigenvalue weighted by Gasteiger charge is -1.99. The van der Waals surface area contributed by atoms with Gasteiger partial charge in [-0.3, -0.25) is 4.79 Å². The van der Waals surface area contributed by atoms with Gasteiger partial charge in [-0.2, -0.15) is 0 Å². The van der Waals surface area contributed by atoms with Crippen molar-refractivity contribution < 1.29 is 14.2 Å². The van der Waals surface area contributed by atoms with E-state index in [0.29, 0.717) is 6.61 Å².